The van der Waals surface area contributed by atoms with Gasteiger partial charge in [0, 0.05) is 18.6 Å². The van der Waals surface area contributed by atoms with E-state index in [1.54, 1.807) is 0 Å². The maximum absolute atomic E-state index is 9.06. The molecule has 0 unspecified atom stereocenters. The first-order chi connectivity index (χ1) is 6.90. The van der Waals surface area contributed by atoms with Crippen molar-refractivity contribution in [1.82, 2.24) is 0 Å². The third kappa shape index (κ3) is 1.14. The average molecular weight is 190 g/mol. The molecule has 74 valence electrons. The first-order valence-corrected chi connectivity index (χ1v) is 5.25. The van der Waals surface area contributed by atoms with Crippen LogP contribution in [0.5, 0.6) is 5.75 Å². The first-order valence-electron chi connectivity index (χ1n) is 5.25. The van der Waals surface area contributed by atoms with E-state index in [0.29, 0.717) is 18.4 Å². The van der Waals surface area contributed by atoms with Crippen molar-refractivity contribution < 1.29 is 9.84 Å². The van der Waals surface area contributed by atoms with E-state index in [4.69, 9.17) is 9.84 Å². The average Bonchev–Trinajstić information content (AvgIpc) is 2.85. The number of aliphatic hydroxyl groups is 1. The summed E-state index contributed by atoms with van der Waals surface area (Å²) < 4.78 is 5.52. The molecule has 0 amide bonds. The van der Waals surface area contributed by atoms with Crippen LogP contribution in [-0.2, 0) is 6.42 Å². The minimum atomic E-state index is 0.329. The largest absolute Gasteiger partial charge is 0.493 e. The van der Waals surface area contributed by atoms with Crippen LogP contribution in [-0.4, -0.2) is 18.3 Å². The molecule has 2 aliphatic rings. The standard InChI is InChI=1S/C12H14O2/c13-7-8-6-11(8)9-2-1-3-12-10(9)4-5-14-12/h1-3,8,11,13H,4-7H2/t8-,11+/m0/s1. The Morgan fingerprint density at radius 3 is 3.14 bits per heavy atom. The van der Waals surface area contributed by atoms with E-state index in [1.807, 2.05) is 6.07 Å². The molecule has 3 rings (SSSR count). The molecule has 1 fully saturated rings. The van der Waals surface area contributed by atoms with Crippen LogP contribution in [0.15, 0.2) is 18.2 Å². The van der Waals surface area contributed by atoms with Crippen molar-refractivity contribution in [3.8, 4) is 5.75 Å². The quantitative estimate of drug-likeness (QED) is 0.769. The summed E-state index contributed by atoms with van der Waals surface area (Å²) in [6.45, 7) is 1.15. The smallest absolute Gasteiger partial charge is 0.122 e. The lowest BCUT2D eigenvalue weighted by molar-refractivity contribution is 0.274. The maximum atomic E-state index is 9.06. The topological polar surface area (TPSA) is 29.5 Å². The van der Waals surface area contributed by atoms with Gasteiger partial charge in [-0.05, 0) is 29.9 Å². The van der Waals surface area contributed by atoms with Gasteiger partial charge in [-0.15, -0.1) is 0 Å². The number of hydrogen-bond donors (Lipinski definition) is 1. The molecule has 0 aromatic heterocycles. The highest BCUT2D eigenvalue weighted by molar-refractivity contribution is 5.46. The Morgan fingerprint density at radius 1 is 1.43 bits per heavy atom. The van der Waals surface area contributed by atoms with E-state index in [-0.39, 0.29) is 0 Å². The van der Waals surface area contributed by atoms with Crippen molar-refractivity contribution in [2.24, 2.45) is 5.92 Å². The normalized spacial score (nSPS) is 28.4. The van der Waals surface area contributed by atoms with Crippen LogP contribution in [0, 0.1) is 5.92 Å². The number of hydrogen-bond acceptors (Lipinski definition) is 2. The molecule has 1 aromatic carbocycles. The van der Waals surface area contributed by atoms with Gasteiger partial charge in [0.2, 0.25) is 0 Å². The molecule has 2 atom stereocenters. The van der Waals surface area contributed by atoms with Gasteiger partial charge in [-0.25, -0.2) is 0 Å². The highest BCUT2D eigenvalue weighted by Gasteiger charge is 2.39. The summed E-state index contributed by atoms with van der Waals surface area (Å²) in [5, 5.41) is 9.06. The maximum Gasteiger partial charge on any atom is 0.122 e. The van der Waals surface area contributed by atoms with Crippen molar-refractivity contribution in [1.29, 1.82) is 0 Å². The van der Waals surface area contributed by atoms with Gasteiger partial charge in [-0.1, -0.05) is 12.1 Å². The summed E-state index contributed by atoms with van der Waals surface area (Å²) in [6.07, 6.45) is 2.19. The number of fused-ring (bicyclic) bond motifs is 1. The fraction of sp³-hybridized carbons (Fsp3) is 0.500. The van der Waals surface area contributed by atoms with E-state index in [2.05, 4.69) is 12.1 Å². The third-order valence-corrected chi connectivity index (χ3v) is 3.34. The van der Waals surface area contributed by atoms with Crippen LogP contribution in [0.2, 0.25) is 0 Å². The zero-order valence-corrected chi connectivity index (χ0v) is 8.07. The van der Waals surface area contributed by atoms with Crippen LogP contribution in [0.4, 0.5) is 0 Å². The Morgan fingerprint density at radius 2 is 2.36 bits per heavy atom. The first kappa shape index (κ1) is 8.30. The number of rotatable bonds is 2. The third-order valence-electron chi connectivity index (χ3n) is 3.34. The van der Waals surface area contributed by atoms with Crippen LogP contribution in [0.1, 0.15) is 23.5 Å². The van der Waals surface area contributed by atoms with Crippen LogP contribution < -0.4 is 4.74 Å². The fourth-order valence-electron chi connectivity index (χ4n) is 2.43. The lowest BCUT2D eigenvalue weighted by Crippen LogP contribution is -1.93. The molecule has 2 nitrogen and oxygen atoms in total. The molecule has 0 spiro atoms. The Kier molecular flexibility index (Phi) is 1.77. The second kappa shape index (κ2) is 2.99. The van der Waals surface area contributed by atoms with Gasteiger partial charge in [-0.3, -0.25) is 0 Å². The molecule has 1 heterocycles. The highest BCUT2D eigenvalue weighted by atomic mass is 16.5. The van der Waals surface area contributed by atoms with Gasteiger partial charge in [0.15, 0.2) is 0 Å². The van der Waals surface area contributed by atoms with Gasteiger partial charge in [-0.2, -0.15) is 0 Å². The zero-order valence-electron chi connectivity index (χ0n) is 8.07. The SMILES string of the molecule is OC[C@@H]1C[C@H]1c1cccc2c1CCO2. The molecule has 2 heteroatoms. The highest BCUT2D eigenvalue weighted by Crippen LogP contribution is 2.50. The van der Waals surface area contributed by atoms with Crippen molar-refractivity contribution in [2.75, 3.05) is 13.2 Å². The van der Waals surface area contributed by atoms with Crippen molar-refractivity contribution in [2.45, 2.75) is 18.8 Å². The molecule has 1 saturated carbocycles. The van der Waals surface area contributed by atoms with Gasteiger partial charge in [0.25, 0.3) is 0 Å². The summed E-state index contributed by atoms with van der Waals surface area (Å²) in [5.74, 6) is 2.16. The van der Waals surface area contributed by atoms with E-state index >= 15 is 0 Å². The fourth-order valence-corrected chi connectivity index (χ4v) is 2.43. The molecule has 0 saturated heterocycles. The number of ether oxygens (including phenoxy) is 1. The van der Waals surface area contributed by atoms with E-state index in [9.17, 15) is 0 Å². The number of benzene rings is 1. The molecular formula is C12H14O2. The van der Waals surface area contributed by atoms with Crippen molar-refractivity contribution in [3.05, 3.63) is 29.3 Å². The van der Waals surface area contributed by atoms with Crippen LogP contribution in [0.25, 0.3) is 0 Å². The lowest BCUT2D eigenvalue weighted by atomic mass is 10.0. The van der Waals surface area contributed by atoms with E-state index in [1.165, 1.54) is 11.1 Å². The Bertz CT molecular complexity index is 359. The molecule has 1 aromatic rings. The summed E-state index contributed by atoms with van der Waals surface area (Å²) in [4.78, 5) is 0. The van der Waals surface area contributed by atoms with Crippen LogP contribution in [0.3, 0.4) is 0 Å². The van der Waals surface area contributed by atoms with Crippen molar-refractivity contribution in [3.63, 3.8) is 0 Å². The summed E-state index contributed by atoms with van der Waals surface area (Å²) in [7, 11) is 0. The Hall–Kier alpha value is -1.02. The predicted octanol–water partition coefficient (Wildman–Crippen LogP) is 1.72. The Labute approximate surface area is 83.5 Å². The molecule has 0 radical (unpaired) electrons. The predicted molar refractivity (Wildman–Crippen MR) is 53.6 cm³/mol. The zero-order chi connectivity index (χ0) is 9.54. The monoisotopic (exact) mass is 190 g/mol. The Balaban J connectivity index is 1.95. The van der Waals surface area contributed by atoms with Gasteiger partial charge < -0.3 is 9.84 Å². The lowest BCUT2D eigenvalue weighted by Gasteiger charge is -2.05. The second-order valence-electron chi connectivity index (χ2n) is 4.21. The van der Waals surface area contributed by atoms with Gasteiger partial charge in [0.05, 0.1) is 6.61 Å². The molecule has 1 aliphatic carbocycles. The van der Waals surface area contributed by atoms with E-state index in [0.717, 1.165) is 25.2 Å². The molecule has 1 aliphatic heterocycles. The van der Waals surface area contributed by atoms with E-state index < -0.39 is 0 Å². The van der Waals surface area contributed by atoms with Crippen LogP contribution >= 0.6 is 0 Å². The summed E-state index contributed by atoms with van der Waals surface area (Å²) in [5.41, 5.74) is 2.80. The second-order valence-corrected chi connectivity index (χ2v) is 4.21. The van der Waals surface area contributed by atoms with Gasteiger partial charge in [0.1, 0.15) is 5.75 Å². The van der Waals surface area contributed by atoms with Crippen molar-refractivity contribution >= 4 is 0 Å². The summed E-state index contributed by atoms with van der Waals surface area (Å²) in [6, 6.07) is 6.29. The molecule has 0 bridgehead atoms. The minimum Gasteiger partial charge on any atom is -0.493 e. The molecular weight excluding hydrogens is 176 g/mol. The van der Waals surface area contributed by atoms with Gasteiger partial charge >= 0.3 is 0 Å². The minimum absolute atomic E-state index is 0.329. The number of aliphatic hydroxyl groups excluding tert-OH is 1. The molecule has 1 N–H and O–H groups in total. The summed E-state index contributed by atoms with van der Waals surface area (Å²) >= 11 is 0. The molecule has 14 heavy (non-hydrogen) atoms.